The summed E-state index contributed by atoms with van der Waals surface area (Å²) < 4.78 is 0. The minimum Gasteiger partial charge on any atom is -0.392 e. The molecule has 14 heavy (non-hydrogen) atoms. The van der Waals surface area contributed by atoms with Crippen LogP contribution in [0.2, 0.25) is 0 Å². The Morgan fingerprint density at radius 2 is 2.14 bits per heavy atom. The first-order chi connectivity index (χ1) is 6.53. The summed E-state index contributed by atoms with van der Waals surface area (Å²) in [6.45, 7) is 6.69. The summed E-state index contributed by atoms with van der Waals surface area (Å²) in [5.74, 6) is 1.16. The van der Waals surface area contributed by atoms with E-state index in [0.29, 0.717) is 11.8 Å². The van der Waals surface area contributed by atoms with Crippen LogP contribution in [0.25, 0.3) is 0 Å². The molecule has 0 heterocycles. The first kappa shape index (κ1) is 10.2. The molecular formula is C13H22O. The van der Waals surface area contributed by atoms with E-state index in [2.05, 4.69) is 26.8 Å². The predicted molar refractivity (Wildman–Crippen MR) is 59.0 cm³/mol. The van der Waals surface area contributed by atoms with E-state index >= 15 is 0 Å². The molecule has 0 aromatic carbocycles. The average molecular weight is 194 g/mol. The van der Waals surface area contributed by atoms with Crippen molar-refractivity contribution in [2.75, 3.05) is 0 Å². The van der Waals surface area contributed by atoms with Crippen LogP contribution in [-0.4, -0.2) is 11.2 Å². The summed E-state index contributed by atoms with van der Waals surface area (Å²) in [6, 6.07) is 0. The fourth-order valence-corrected chi connectivity index (χ4v) is 3.71. The topological polar surface area (TPSA) is 20.2 Å². The molecule has 0 saturated heterocycles. The van der Waals surface area contributed by atoms with Gasteiger partial charge >= 0.3 is 0 Å². The van der Waals surface area contributed by atoms with Crippen molar-refractivity contribution < 1.29 is 5.11 Å². The molecule has 80 valence electrons. The smallest absolute Gasteiger partial charge is 0.0625 e. The van der Waals surface area contributed by atoms with Gasteiger partial charge in [-0.3, -0.25) is 0 Å². The first-order valence-corrected chi connectivity index (χ1v) is 5.89. The molecule has 4 atom stereocenters. The zero-order valence-corrected chi connectivity index (χ0v) is 9.59. The highest BCUT2D eigenvalue weighted by Gasteiger charge is 2.47. The second-order valence-electron chi connectivity index (χ2n) is 5.69. The molecule has 0 aliphatic heterocycles. The Bertz CT molecular complexity index is 256. The molecule has 2 rings (SSSR count). The second kappa shape index (κ2) is 3.37. The summed E-state index contributed by atoms with van der Waals surface area (Å²) in [5.41, 5.74) is 1.72. The number of hydrogen-bond acceptors (Lipinski definition) is 1. The van der Waals surface area contributed by atoms with Crippen molar-refractivity contribution in [3.05, 3.63) is 11.6 Å². The van der Waals surface area contributed by atoms with E-state index in [1.807, 2.05) is 0 Å². The van der Waals surface area contributed by atoms with Crippen LogP contribution in [0.3, 0.4) is 0 Å². The minimum absolute atomic E-state index is 0.0615. The maximum atomic E-state index is 10.3. The molecule has 2 aliphatic rings. The highest BCUT2D eigenvalue weighted by molar-refractivity contribution is 5.14. The standard InChI is InChI=1S/C13H22O/c1-9-6-10(2)8-13(7-9)5-4-11(3)12(13)14/h6,9,11-12,14H,4-5,7-8H2,1-3H3. The van der Waals surface area contributed by atoms with Crippen LogP contribution in [0.1, 0.15) is 46.5 Å². The lowest BCUT2D eigenvalue weighted by atomic mass is 9.68. The molecule has 0 aromatic rings. The van der Waals surface area contributed by atoms with Crippen molar-refractivity contribution in [3.8, 4) is 0 Å². The first-order valence-electron chi connectivity index (χ1n) is 5.89. The Hall–Kier alpha value is -0.300. The van der Waals surface area contributed by atoms with Crippen molar-refractivity contribution >= 4 is 0 Å². The van der Waals surface area contributed by atoms with Gasteiger partial charge in [-0.2, -0.15) is 0 Å². The van der Waals surface area contributed by atoms with E-state index in [4.69, 9.17) is 0 Å². The number of aliphatic hydroxyl groups excluding tert-OH is 1. The molecule has 2 aliphatic carbocycles. The van der Waals surface area contributed by atoms with Crippen molar-refractivity contribution in [2.45, 2.75) is 52.6 Å². The summed E-state index contributed by atoms with van der Waals surface area (Å²) in [4.78, 5) is 0. The molecule has 0 bridgehead atoms. The highest BCUT2D eigenvalue weighted by Crippen LogP contribution is 2.52. The van der Waals surface area contributed by atoms with Crippen molar-refractivity contribution in [3.63, 3.8) is 0 Å². The van der Waals surface area contributed by atoms with E-state index in [1.165, 1.54) is 24.8 Å². The van der Waals surface area contributed by atoms with Crippen LogP contribution in [0.4, 0.5) is 0 Å². The lowest BCUT2D eigenvalue weighted by Gasteiger charge is -2.39. The molecule has 1 saturated carbocycles. The summed E-state index contributed by atoms with van der Waals surface area (Å²) in [6.07, 6.45) is 7.07. The van der Waals surface area contributed by atoms with E-state index in [9.17, 15) is 5.11 Å². The quantitative estimate of drug-likeness (QED) is 0.587. The molecular weight excluding hydrogens is 172 g/mol. The Kier molecular flexibility index (Phi) is 2.46. The van der Waals surface area contributed by atoms with Gasteiger partial charge in [0.2, 0.25) is 0 Å². The molecule has 4 unspecified atom stereocenters. The SMILES string of the molecule is CC1=CC(C)CC2(CCC(C)C2O)C1. The van der Waals surface area contributed by atoms with Gasteiger partial charge in [0.15, 0.2) is 0 Å². The van der Waals surface area contributed by atoms with Crippen LogP contribution in [0.15, 0.2) is 11.6 Å². The summed E-state index contributed by atoms with van der Waals surface area (Å²) in [7, 11) is 0. The van der Waals surface area contributed by atoms with Crippen molar-refractivity contribution in [1.29, 1.82) is 0 Å². The third-order valence-electron chi connectivity index (χ3n) is 4.19. The Balaban J connectivity index is 2.22. The zero-order valence-electron chi connectivity index (χ0n) is 9.59. The van der Waals surface area contributed by atoms with Crippen LogP contribution < -0.4 is 0 Å². The number of rotatable bonds is 0. The molecule has 1 heteroatoms. The van der Waals surface area contributed by atoms with Crippen LogP contribution in [0.5, 0.6) is 0 Å². The van der Waals surface area contributed by atoms with Gasteiger partial charge in [-0.15, -0.1) is 0 Å². The summed E-state index contributed by atoms with van der Waals surface area (Å²) >= 11 is 0. The predicted octanol–water partition coefficient (Wildman–Crippen LogP) is 3.14. The van der Waals surface area contributed by atoms with E-state index in [1.54, 1.807) is 0 Å². The van der Waals surface area contributed by atoms with E-state index in [-0.39, 0.29) is 11.5 Å². The fourth-order valence-electron chi connectivity index (χ4n) is 3.71. The third kappa shape index (κ3) is 1.52. The van der Waals surface area contributed by atoms with Crippen molar-refractivity contribution in [1.82, 2.24) is 0 Å². The van der Waals surface area contributed by atoms with Gasteiger partial charge in [0.25, 0.3) is 0 Å². The van der Waals surface area contributed by atoms with Gasteiger partial charge in [-0.05, 0) is 44.4 Å². The second-order valence-corrected chi connectivity index (χ2v) is 5.69. The van der Waals surface area contributed by atoms with Crippen LogP contribution in [0, 0.1) is 17.3 Å². The molecule has 0 radical (unpaired) electrons. The van der Waals surface area contributed by atoms with Gasteiger partial charge in [-0.1, -0.05) is 25.5 Å². The van der Waals surface area contributed by atoms with Crippen molar-refractivity contribution in [2.24, 2.45) is 17.3 Å². The molecule has 0 amide bonds. The monoisotopic (exact) mass is 194 g/mol. The van der Waals surface area contributed by atoms with E-state index in [0.717, 1.165) is 6.42 Å². The van der Waals surface area contributed by atoms with Gasteiger partial charge in [0, 0.05) is 5.41 Å². The van der Waals surface area contributed by atoms with Gasteiger partial charge in [0.05, 0.1) is 6.10 Å². The van der Waals surface area contributed by atoms with Crippen LogP contribution >= 0.6 is 0 Å². The summed E-state index contributed by atoms with van der Waals surface area (Å²) in [5, 5.41) is 10.3. The van der Waals surface area contributed by atoms with E-state index < -0.39 is 0 Å². The average Bonchev–Trinajstić information content (AvgIpc) is 2.32. The number of aliphatic hydroxyl groups is 1. The lowest BCUT2D eigenvalue weighted by molar-refractivity contribution is 0.0122. The molecule has 0 aromatic heterocycles. The molecule has 1 spiro atoms. The molecule has 1 nitrogen and oxygen atoms in total. The van der Waals surface area contributed by atoms with Gasteiger partial charge in [0.1, 0.15) is 0 Å². The lowest BCUT2D eigenvalue weighted by Crippen LogP contribution is -2.36. The Morgan fingerprint density at radius 3 is 2.64 bits per heavy atom. The molecule has 1 fully saturated rings. The maximum Gasteiger partial charge on any atom is 0.0625 e. The van der Waals surface area contributed by atoms with Crippen LogP contribution in [-0.2, 0) is 0 Å². The van der Waals surface area contributed by atoms with Gasteiger partial charge in [-0.25, -0.2) is 0 Å². The Labute approximate surface area is 87.2 Å². The minimum atomic E-state index is -0.0615. The maximum absolute atomic E-state index is 10.3. The zero-order chi connectivity index (χ0) is 10.3. The number of allylic oxidation sites excluding steroid dienone is 2. The number of hydrogen-bond donors (Lipinski definition) is 1. The van der Waals surface area contributed by atoms with Gasteiger partial charge < -0.3 is 5.11 Å². The Morgan fingerprint density at radius 1 is 1.43 bits per heavy atom. The normalized spacial score (nSPS) is 48.3. The highest BCUT2D eigenvalue weighted by atomic mass is 16.3. The fraction of sp³-hybridized carbons (Fsp3) is 0.846. The third-order valence-corrected chi connectivity index (χ3v) is 4.19. The molecule has 1 N–H and O–H groups in total. The largest absolute Gasteiger partial charge is 0.392 e.